The molecular weight excluding hydrogens is 419 g/mol. The van der Waals surface area contributed by atoms with Gasteiger partial charge in [0, 0.05) is 9.26 Å². The molecule has 0 aliphatic rings. The number of carbonyl (C=O) groups is 1. The molecule has 24 heavy (non-hydrogen) atoms. The number of nitrogens with zero attached hydrogens (tertiary/aromatic N) is 1. The van der Waals surface area contributed by atoms with E-state index in [0.29, 0.717) is 13.1 Å². The summed E-state index contributed by atoms with van der Waals surface area (Å²) in [6.07, 6.45) is 3.26. The molecule has 0 bridgehead atoms. The maximum atomic E-state index is 12.4. The lowest BCUT2D eigenvalue weighted by molar-refractivity contribution is -0.117. The molecular formula is C18H17IN2O3. The molecule has 0 atom stereocenters. The fourth-order valence-corrected chi connectivity index (χ4v) is 2.93. The Hall–Kier alpha value is -2.06. The number of carbonyl (C=O) groups excluding carboxylic acids is 1. The average Bonchev–Trinajstić information content (AvgIpc) is 3.21. The van der Waals surface area contributed by atoms with Gasteiger partial charge < -0.3 is 14.2 Å². The SMILES string of the molecule is O=C(CN(Cc1ccco1)Cc1ccco1)Nc1cccc(I)c1. The largest absolute Gasteiger partial charge is 0.468 e. The Morgan fingerprint density at radius 1 is 1.00 bits per heavy atom. The second-order valence-corrected chi connectivity index (χ2v) is 6.61. The van der Waals surface area contributed by atoms with E-state index in [1.54, 1.807) is 12.5 Å². The number of nitrogens with one attached hydrogen (secondary N) is 1. The third-order valence-corrected chi connectivity index (χ3v) is 4.07. The highest BCUT2D eigenvalue weighted by Gasteiger charge is 2.15. The summed E-state index contributed by atoms with van der Waals surface area (Å²) in [6, 6.07) is 15.2. The van der Waals surface area contributed by atoms with E-state index in [9.17, 15) is 4.79 Å². The quantitative estimate of drug-likeness (QED) is 0.567. The van der Waals surface area contributed by atoms with Gasteiger partial charge in [-0.1, -0.05) is 6.07 Å². The predicted octanol–water partition coefficient (Wildman–Crippen LogP) is 4.12. The second kappa shape index (κ2) is 8.16. The fourth-order valence-electron chi connectivity index (χ4n) is 2.38. The zero-order valence-electron chi connectivity index (χ0n) is 12.9. The topological polar surface area (TPSA) is 58.6 Å². The van der Waals surface area contributed by atoms with E-state index in [0.717, 1.165) is 20.8 Å². The minimum absolute atomic E-state index is 0.0740. The summed E-state index contributed by atoms with van der Waals surface area (Å²) in [6.45, 7) is 1.31. The summed E-state index contributed by atoms with van der Waals surface area (Å²) in [5, 5.41) is 2.93. The highest BCUT2D eigenvalue weighted by Crippen LogP contribution is 2.14. The smallest absolute Gasteiger partial charge is 0.238 e. The van der Waals surface area contributed by atoms with E-state index in [-0.39, 0.29) is 12.5 Å². The monoisotopic (exact) mass is 436 g/mol. The molecule has 0 aliphatic heterocycles. The average molecular weight is 436 g/mol. The first-order valence-electron chi connectivity index (χ1n) is 7.51. The molecule has 6 heteroatoms. The number of hydrogen-bond donors (Lipinski definition) is 1. The first-order chi connectivity index (χ1) is 11.7. The lowest BCUT2D eigenvalue weighted by Gasteiger charge is -2.19. The van der Waals surface area contributed by atoms with Crippen molar-refractivity contribution in [1.29, 1.82) is 0 Å². The molecule has 0 spiro atoms. The highest BCUT2D eigenvalue weighted by molar-refractivity contribution is 14.1. The Bertz CT molecular complexity index is 733. The van der Waals surface area contributed by atoms with Crippen molar-refractivity contribution in [2.45, 2.75) is 13.1 Å². The van der Waals surface area contributed by atoms with Crippen LogP contribution in [0.1, 0.15) is 11.5 Å². The van der Waals surface area contributed by atoms with E-state index in [1.165, 1.54) is 0 Å². The first-order valence-corrected chi connectivity index (χ1v) is 8.59. The van der Waals surface area contributed by atoms with Crippen LogP contribution in [0.4, 0.5) is 5.69 Å². The molecule has 1 amide bonds. The number of halogens is 1. The van der Waals surface area contributed by atoms with E-state index in [4.69, 9.17) is 8.83 Å². The maximum Gasteiger partial charge on any atom is 0.238 e. The van der Waals surface area contributed by atoms with Crippen molar-refractivity contribution >= 4 is 34.2 Å². The van der Waals surface area contributed by atoms with Gasteiger partial charge in [-0.05, 0) is 65.1 Å². The predicted molar refractivity (Wildman–Crippen MR) is 99.3 cm³/mol. The minimum atomic E-state index is -0.0740. The van der Waals surface area contributed by atoms with Crippen molar-refractivity contribution < 1.29 is 13.6 Å². The van der Waals surface area contributed by atoms with Crippen molar-refractivity contribution in [2.75, 3.05) is 11.9 Å². The lowest BCUT2D eigenvalue weighted by atomic mass is 10.3. The van der Waals surface area contributed by atoms with Gasteiger partial charge >= 0.3 is 0 Å². The second-order valence-electron chi connectivity index (χ2n) is 5.36. The van der Waals surface area contributed by atoms with Crippen LogP contribution in [0.3, 0.4) is 0 Å². The van der Waals surface area contributed by atoms with Crippen LogP contribution in [-0.4, -0.2) is 17.4 Å². The lowest BCUT2D eigenvalue weighted by Crippen LogP contribution is -2.32. The van der Waals surface area contributed by atoms with Crippen LogP contribution in [-0.2, 0) is 17.9 Å². The fraction of sp³-hybridized carbons (Fsp3) is 0.167. The number of amides is 1. The molecule has 0 saturated carbocycles. The van der Waals surface area contributed by atoms with Gasteiger partial charge in [0.25, 0.3) is 0 Å². The Kier molecular flexibility index (Phi) is 5.71. The summed E-state index contributed by atoms with van der Waals surface area (Å²) in [5.74, 6) is 1.54. The molecule has 0 aliphatic carbocycles. The number of furan rings is 2. The maximum absolute atomic E-state index is 12.4. The van der Waals surface area contributed by atoms with E-state index < -0.39 is 0 Å². The van der Waals surface area contributed by atoms with Gasteiger partial charge in [0.2, 0.25) is 5.91 Å². The number of benzene rings is 1. The van der Waals surface area contributed by atoms with E-state index >= 15 is 0 Å². The zero-order valence-corrected chi connectivity index (χ0v) is 15.1. The Labute approximate surface area is 153 Å². The standard InChI is InChI=1S/C18H17IN2O3/c19-14-4-1-5-15(10-14)20-18(22)13-21(11-16-6-2-8-23-16)12-17-7-3-9-24-17/h1-10H,11-13H2,(H,20,22). The van der Waals surface area contributed by atoms with Gasteiger partial charge in [-0.2, -0.15) is 0 Å². The third-order valence-electron chi connectivity index (χ3n) is 3.39. The van der Waals surface area contributed by atoms with Gasteiger partial charge in [0.15, 0.2) is 0 Å². The normalized spacial score (nSPS) is 10.9. The van der Waals surface area contributed by atoms with E-state index in [2.05, 4.69) is 27.9 Å². The molecule has 1 aromatic carbocycles. The van der Waals surface area contributed by atoms with Crippen molar-refractivity contribution in [3.05, 3.63) is 76.1 Å². The molecule has 0 saturated heterocycles. The van der Waals surface area contributed by atoms with Crippen molar-refractivity contribution in [3.63, 3.8) is 0 Å². The van der Waals surface area contributed by atoms with Gasteiger partial charge in [-0.3, -0.25) is 9.69 Å². The molecule has 5 nitrogen and oxygen atoms in total. The van der Waals surface area contributed by atoms with Gasteiger partial charge in [-0.25, -0.2) is 0 Å². The van der Waals surface area contributed by atoms with Crippen LogP contribution in [0, 0.1) is 3.57 Å². The van der Waals surface area contributed by atoms with Gasteiger partial charge in [0.05, 0.1) is 32.2 Å². The van der Waals surface area contributed by atoms with Gasteiger partial charge in [0.1, 0.15) is 11.5 Å². The summed E-state index contributed by atoms with van der Waals surface area (Å²) >= 11 is 2.22. The minimum Gasteiger partial charge on any atom is -0.468 e. The molecule has 124 valence electrons. The van der Waals surface area contributed by atoms with E-state index in [1.807, 2.05) is 53.4 Å². The third kappa shape index (κ3) is 4.97. The Morgan fingerprint density at radius 2 is 1.67 bits per heavy atom. The molecule has 0 unspecified atom stereocenters. The molecule has 2 aromatic heterocycles. The summed E-state index contributed by atoms with van der Waals surface area (Å²) in [5.41, 5.74) is 0.794. The van der Waals surface area contributed by atoms with Crippen molar-refractivity contribution in [2.24, 2.45) is 0 Å². The van der Waals surface area contributed by atoms with Crippen LogP contribution in [0.15, 0.2) is 69.9 Å². The molecule has 0 fully saturated rings. The number of rotatable bonds is 7. The van der Waals surface area contributed by atoms with Crippen LogP contribution in [0.25, 0.3) is 0 Å². The van der Waals surface area contributed by atoms with Crippen LogP contribution < -0.4 is 5.32 Å². The molecule has 3 rings (SSSR count). The van der Waals surface area contributed by atoms with Crippen LogP contribution in [0.2, 0.25) is 0 Å². The molecule has 3 aromatic rings. The molecule has 1 N–H and O–H groups in total. The Balaban J connectivity index is 1.64. The molecule has 2 heterocycles. The van der Waals surface area contributed by atoms with Crippen LogP contribution >= 0.6 is 22.6 Å². The Morgan fingerprint density at radius 3 is 2.21 bits per heavy atom. The first kappa shape index (κ1) is 16.8. The number of anilines is 1. The van der Waals surface area contributed by atoms with Crippen LogP contribution in [0.5, 0.6) is 0 Å². The summed E-state index contributed by atoms with van der Waals surface area (Å²) < 4.78 is 11.9. The zero-order chi connectivity index (χ0) is 16.8. The highest BCUT2D eigenvalue weighted by atomic mass is 127. The summed E-state index contributed by atoms with van der Waals surface area (Å²) in [4.78, 5) is 14.3. The van der Waals surface area contributed by atoms with Crippen molar-refractivity contribution in [3.8, 4) is 0 Å². The van der Waals surface area contributed by atoms with Crippen molar-refractivity contribution in [1.82, 2.24) is 4.90 Å². The van der Waals surface area contributed by atoms with Gasteiger partial charge in [-0.15, -0.1) is 0 Å². The summed E-state index contributed by atoms with van der Waals surface area (Å²) in [7, 11) is 0. The number of hydrogen-bond acceptors (Lipinski definition) is 4. The molecule has 0 radical (unpaired) electrons.